The summed E-state index contributed by atoms with van der Waals surface area (Å²) in [5.41, 5.74) is -0.222. The first-order chi connectivity index (χ1) is 5.25. The van der Waals surface area contributed by atoms with Gasteiger partial charge in [0.1, 0.15) is 5.25 Å². The number of aliphatic carboxylic acids is 1. The van der Waals surface area contributed by atoms with Gasteiger partial charge in [0.15, 0.2) is 0 Å². The van der Waals surface area contributed by atoms with Gasteiger partial charge in [-0.2, -0.15) is 8.42 Å². The fraction of sp³-hybridized carbons (Fsp3) is 0.500. The zero-order chi connectivity index (χ0) is 9.94. The van der Waals surface area contributed by atoms with Gasteiger partial charge >= 0.3 is 29.6 Å². The molecule has 0 aliphatic carbocycles. The predicted molar refractivity (Wildman–Crippen MR) is 39.8 cm³/mol. The largest absolute Gasteiger partial charge is 1.00 e. The molecule has 0 rings (SSSR count). The standard InChI is InChI=1S/C6H10O5S.Na/c1-4(6(7)8)3-5(2)12(9,10)11;/h3,5H,1-2H3,(H,7,8)(H,9,10,11);/q;+1/p-1. The van der Waals surface area contributed by atoms with E-state index < -0.39 is 21.3 Å². The SMILES string of the molecule is CC(=CC(C)S(=O)(=O)O)C(=O)[O-].[Na+]. The monoisotopic (exact) mass is 216 g/mol. The van der Waals surface area contributed by atoms with Crippen molar-refractivity contribution in [2.75, 3.05) is 0 Å². The van der Waals surface area contributed by atoms with Crippen molar-refractivity contribution in [3.8, 4) is 0 Å². The molecule has 0 bridgehead atoms. The van der Waals surface area contributed by atoms with Crippen molar-refractivity contribution in [3.63, 3.8) is 0 Å². The van der Waals surface area contributed by atoms with Crippen LogP contribution >= 0.6 is 0 Å². The van der Waals surface area contributed by atoms with Gasteiger partial charge < -0.3 is 9.90 Å². The molecule has 0 saturated carbocycles. The fourth-order valence-electron chi connectivity index (χ4n) is 0.506. The number of hydrogen-bond donors (Lipinski definition) is 1. The van der Waals surface area contributed by atoms with Crippen molar-refractivity contribution >= 4 is 16.1 Å². The second-order valence-corrected chi connectivity index (χ2v) is 4.13. The van der Waals surface area contributed by atoms with Gasteiger partial charge in [-0.25, -0.2) is 0 Å². The van der Waals surface area contributed by atoms with Crippen LogP contribution in [0.25, 0.3) is 0 Å². The molecule has 0 spiro atoms. The second-order valence-electron chi connectivity index (χ2n) is 2.36. The minimum atomic E-state index is -4.20. The molecule has 1 unspecified atom stereocenters. The second kappa shape index (κ2) is 5.77. The zero-order valence-electron chi connectivity index (χ0n) is 7.64. The van der Waals surface area contributed by atoms with E-state index in [9.17, 15) is 18.3 Å². The average molecular weight is 216 g/mol. The number of rotatable bonds is 3. The van der Waals surface area contributed by atoms with Crippen molar-refractivity contribution in [2.45, 2.75) is 19.1 Å². The molecule has 0 aromatic rings. The topological polar surface area (TPSA) is 94.5 Å². The summed E-state index contributed by atoms with van der Waals surface area (Å²) in [5, 5.41) is 8.88. The van der Waals surface area contributed by atoms with Gasteiger partial charge in [-0.3, -0.25) is 4.55 Å². The van der Waals surface area contributed by atoms with Crippen molar-refractivity contribution in [2.24, 2.45) is 0 Å². The molecular formula is C6H9NaO5S. The van der Waals surface area contributed by atoms with Gasteiger partial charge in [-0.1, -0.05) is 6.08 Å². The molecule has 0 amide bonds. The summed E-state index contributed by atoms with van der Waals surface area (Å²) >= 11 is 0. The van der Waals surface area contributed by atoms with Gasteiger partial charge in [-0.05, 0) is 19.4 Å². The van der Waals surface area contributed by atoms with Gasteiger partial charge in [0.25, 0.3) is 10.1 Å². The molecule has 1 atom stereocenters. The first kappa shape index (κ1) is 15.6. The third kappa shape index (κ3) is 6.23. The minimum absolute atomic E-state index is 0. The molecule has 0 heterocycles. The Hall–Kier alpha value is 0.120. The smallest absolute Gasteiger partial charge is 0.545 e. The van der Waals surface area contributed by atoms with Crippen LogP contribution in [0.2, 0.25) is 0 Å². The third-order valence-electron chi connectivity index (χ3n) is 1.28. The summed E-state index contributed by atoms with van der Waals surface area (Å²) in [6.07, 6.45) is 0.907. The van der Waals surface area contributed by atoms with E-state index in [1.165, 1.54) is 13.8 Å². The number of hydrogen-bond acceptors (Lipinski definition) is 4. The summed E-state index contributed by atoms with van der Waals surface area (Å²) in [7, 11) is -4.20. The number of carboxylic acids is 1. The normalized spacial score (nSPS) is 14.5. The number of carbonyl (C=O) groups is 1. The van der Waals surface area contributed by atoms with Crippen LogP contribution in [0.5, 0.6) is 0 Å². The van der Waals surface area contributed by atoms with Crippen LogP contribution in [-0.4, -0.2) is 24.2 Å². The summed E-state index contributed by atoms with van der Waals surface area (Å²) in [5.74, 6) is -1.45. The molecule has 0 fully saturated rings. The Balaban J connectivity index is 0. The summed E-state index contributed by atoms with van der Waals surface area (Å²) in [4.78, 5) is 10.1. The molecule has 0 aromatic carbocycles. The van der Waals surface area contributed by atoms with Crippen LogP contribution in [0.1, 0.15) is 13.8 Å². The minimum Gasteiger partial charge on any atom is -0.545 e. The Bertz CT molecular complexity index is 305. The van der Waals surface area contributed by atoms with Crippen LogP contribution in [0, 0.1) is 0 Å². The van der Waals surface area contributed by atoms with Crippen LogP contribution in [0.4, 0.5) is 0 Å². The van der Waals surface area contributed by atoms with E-state index in [2.05, 4.69) is 0 Å². The van der Waals surface area contributed by atoms with Crippen molar-refractivity contribution in [1.29, 1.82) is 0 Å². The van der Waals surface area contributed by atoms with Gasteiger partial charge in [0.2, 0.25) is 0 Å². The average Bonchev–Trinajstić information content (AvgIpc) is 1.85. The van der Waals surface area contributed by atoms with Crippen LogP contribution in [0.15, 0.2) is 11.6 Å². The Morgan fingerprint density at radius 2 is 1.92 bits per heavy atom. The van der Waals surface area contributed by atoms with Crippen LogP contribution in [-0.2, 0) is 14.9 Å². The molecule has 0 aliphatic heterocycles. The number of carbonyl (C=O) groups excluding carboxylic acids is 1. The number of carboxylic acid groups (broad SMARTS) is 1. The molecule has 7 heteroatoms. The van der Waals surface area contributed by atoms with Crippen LogP contribution < -0.4 is 34.7 Å². The van der Waals surface area contributed by atoms with E-state index in [0.717, 1.165) is 6.08 Å². The van der Waals surface area contributed by atoms with E-state index in [1.807, 2.05) is 0 Å². The molecule has 0 aromatic heterocycles. The maximum Gasteiger partial charge on any atom is 1.00 e. The molecule has 0 radical (unpaired) electrons. The van der Waals surface area contributed by atoms with E-state index in [-0.39, 0.29) is 35.1 Å². The molecule has 0 aliphatic rings. The van der Waals surface area contributed by atoms with Gasteiger partial charge in [0.05, 0.1) is 5.97 Å². The molecule has 5 nitrogen and oxygen atoms in total. The Morgan fingerprint density at radius 3 is 2.15 bits per heavy atom. The summed E-state index contributed by atoms with van der Waals surface area (Å²) in [6.45, 7) is 2.36. The maximum atomic E-state index is 10.4. The third-order valence-corrected chi connectivity index (χ3v) is 2.35. The van der Waals surface area contributed by atoms with E-state index in [1.54, 1.807) is 0 Å². The van der Waals surface area contributed by atoms with Crippen molar-refractivity contribution < 1.29 is 52.4 Å². The Morgan fingerprint density at radius 1 is 1.54 bits per heavy atom. The van der Waals surface area contributed by atoms with E-state index >= 15 is 0 Å². The zero-order valence-corrected chi connectivity index (χ0v) is 10.5. The Kier molecular flexibility index (Phi) is 6.91. The fourth-order valence-corrected chi connectivity index (χ4v) is 0.882. The summed E-state index contributed by atoms with van der Waals surface area (Å²) < 4.78 is 29.2. The molecule has 1 N–H and O–H groups in total. The summed E-state index contributed by atoms with van der Waals surface area (Å²) in [6, 6.07) is 0. The van der Waals surface area contributed by atoms with Crippen molar-refractivity contribution in [3.05, 3.63) is 11.6 Å². The van der Waals surface area contributed by atoms with Gasteiger partial charge in [0, 0.05) is 0 Å². The van der Waals surface area contributed by atoms with E-state index in [0.29, 0.717) is 0 Å². The quantitative estimate of drug-likeness (QED) is 0.294. The van der Waals surface area contributed by atoms with Crippen LogP contribution in [0.3, 0.4) is 0 Å². The molecule has 0 saturated heterocycles. The predicted octanol–water partition coefficient (Wildman–Crippen LogP) is -4.04. The first-order valence-electron chi connectivity index (χ1n) is 3.11. The van der Waals surface area contributed by atoms with Crippen molar-refractivity contribution in [1.82, 2.24) is 0 Å². The molecular weight excluding hydrogens is 207 g/mol. The molecule has 70 valence electrons. The van der Waals surface area contributed by atoms with E-state index in [4.69, 9.17) is 4.55 Å². The van der Waals surface area contributed by atoms with Gasteiger partial charge in [-0.15, -0.1) is 0 Å². The Labute approximate surface area is 98.9 Å². The maximum absolute atomic E-state index is 10.4. The molecule has 13 heavy (non-hydrogen) atoms. The first-order valence-corrected chi connectivity index (χ1v) is 4.61.